The van der Waals surface area contributed by atoms with Gasteiger partial charge in [-0.2, -0.15) is 0 Å². The molecule has 19 heavy (non-hydrogen) atoms. The lowest BCUT2D eigenvalue weighted by Gasteiger charge is -2.19. The van der Waals surface area contributed by atoms with Crippen molar-refractivity contribution in [3.05, 3.63) is 40.1 Å². The first kappa shape index (κ1) is 12.8. The highest BCUT2D eigenvalue weighted by atomic mass is 32.1. The van der Waals surface area contributed by atoms with Gasteiger partial charge in [0.15, 0.2) is 0 Å². The summed E-state index contributed by atoms with van der Waals surface area (Å²) >= 11 is 1.82. The van der Waals surface area contributed by atoms with E-state index in [0.29, 0.717) is 5.92 Å². The Morgan fingerprint density at radius 3 is 3.16 bits per heavy atom. The number of thiophene rings is 1. The van der Waals surface area contributed by atoms with Crippen LogP contribution < -0.4 is 5.73 Å². The molecule has 1 aliphatic heterocycles. The first-order valence-corrected chi connectivity index (χ1v) is 7.44. The molecular weight excluding hydrogens is 258 g/mol. The molecule has 1 aliphatic rings. The number of ether oxygens (including phenoxy) is 1. The van der Waals surface area contributed by atoms with E-state index >= 15 is 0 Å². The van der Waals surface area contributed by atoms with Crippen molar-refractivity contribution in [1.29, 1.82) is 0 Å². The summed E-state index contributed by atoms with van der Waals surface area (Å²) in [5.74, 6) is 0.417. The summed E-state index contributed by atoms with van der Waals surface area (Å²) in [6, 6.07) is 4.35. The summed E-state index contributed by atoms with van der Waals surface area (Å²) in [4.78, 5) is 6.94. The predicted molar refractivity (Wildman–Crippen MR) is 76.2 cm³/mol. The lowest BCUT2D eigenvalue weighted by molar-refractivity contribution is 0.180. The molecule has 2 N–H and O–H groups in total. The molecule has 0 bridgehead atoms. The van der Waals surface area contributed by atoms with Crippen LogP contribution in [0.15, 0.2) is 24.7 Å². The van der Waals surface area contributed by atoms with Gasteiger partial charge in [0.05, 0.1) is 31.2 Å². The van der Waals surface area contributed by atoms with Crippen LogP contribution in [0.25, 0.3) is 0 Å². The number of hydrogen-bond acceptors (Lipinski definition) is 4. The van der Waals surface area contributed by atoms with Crippen LogP contribution in [0.2, 0.25) is 0 Å². The van der Waals surface area contributed by atoms with Crippen molar-refractivity contribution >= 4 is 11.3 Å². The second kappa shape index (κ2) is 5.45. The molecule has 0 spiro atoms. The lowest BCUT2D eigenvalue weighted by Crippen LogP contribution is -2.24. The number of aromatic nitrogens is 2. The Morgan fingerprint density at radius 1 is 1.58 bits per heavy atom. The van der Waals surface area contributed by atoms with E-state index < -0.39 is 0 Å². The van der Waals surface area contributed by atoms with Gasteiger partial charge in [-0.15, -0.1) is 11.3 Å². The van der Waals surface area contributed by atoms with Crippen LogP contribution in [-0.4, -0.2) is 22.8 Å². The minimum atomic E-state index is 0.0195. The van der Waals surface area contributed by atoms with Gasteiger partial charge in [0.1, 0.15) is 0 Å². The second-order valence-electron chi connectivity index (χ2n) is 5.11. The fourth-order valence-corrected chi connectivity index (χ4v) is 3.45. The first-order chi connectivity index (χ1) is 9.24. The topological polar surface area (TPSA) is 53.1 Å². The van der Waals surface area contributed by atoms with Crippen LogP contribution in [0.3, 0.4) is 0 Å². The van der Waals surface area contributed by atoms with E-state index in [0.717, 1.165) is 31.9 Å². The van der Waals surface area contributed by atoms with Crippen LogP contribution in [0.4, 0.5) is 0 Å². The monoisotopic (exact) mass is 277 g/mol. The average molecular weight is 277 g/mol. The van der Waals surface area contributed by atoms with Crippen molar-refractivity contribution < 1.29 is 4.74 Å². The van der Waals surface area contributed by atoms with E-state index in [2.05, 4.69) is 28.6 Å². The highest BCUT2D eigenvalue weighted by molar-refractivity contribution is 7.11. The average Bonchev–Trinajstić information content (AvgIpc) is 3.10. The Bertz CT molecular complexity index is 542. The molecule has 0 radical (unpaired) electrons. The zero-order valence-corrected chi connectivity index (χ0v) is 11.9. The van der Waals surface area contributed by atoms with Crippen LogP contribution in [0, 0.1) is 12.8 Å². The lowest BCUT2D eigenvalue weighted by atomic mass is 9.97. The van der Waals surface area contributed by atoms with Crippen LogP contribution in [0.5, 0.6) is 0 Å². The maximum Gasteiger partial charge on any atom is 0.0952 e. The molecule has 0 aromatic carbocycles. The third-order valence-corrected chi connectivity index (χ3v) is 4.67. The molecule has 2 aromatic heterocycles. The summed E-state index contributed by atoms with van der Waals surface area (Å²) in [6.07, 6.45) is 4.81. The van der Waals surface area contributed by atoms with E-state index in [1.807, 2.05) is 23.9 Å². The molecule has 0 amide bonds. The highest BCUT2D eigenvalue weighted by Crippen LogP contribution is 2.27. The molecule has 2 unspecified atom stereocenters. The molecule has 102 valence electrons. The fourth-order valence-electron chi connectivity index (χ4n) is 2.56. The van der Waals surface area contributed by atoms with Crippen LogP contribution >= 0.6 is 11.3 Å². The van der Waals surface area contributed by atoms with Gasteiger partial charge in [-0.3, -0.25) is 0 Å². The van der Waals surface area contributed by atoms with Gasteiger partial charge >= 0.3 is 0 Å². The molecule has 4 nitrogen and oxygen atoms in total. The molecule has 0 aliphatic carbocycles. The third kappa shape index (κ3) is 2.73. The molecule has 2 atom stereocenters. The van der Waals surface area contributed by atoms with Gasteiger partial charge in [0, 0.05) is 28.5 Å². The van der Waals surface area contributed by atoms with Crippen molar-refractivity contribution in [2.45, 2.75) is 25.9 Å². The number of hydrogen-bond donors (Lipinski definition) is 1. The van der Waals surface area contributed by atoms with Crippen molar-refractivity contribution in [2.24, 2.45) is 11.7 Å². The quantitative estimate of drug-likeness (QED) is 0.933. The molecule has 3 heterocycles. The smallest absolute Gasteiger partial charge is 0.0952 e. The van der Waals surface area contributed by atoms with E-state index in [1.54, 1.807) is 0 Å². The number of nitrogens with two attached hydrogens (primary N) is 1. The number of nitrogens with zero attached hydrogens (tertiary/aromatic N) is 2. The van der Waals surface area contributed by atoms with Gasteiger partial charge in [-0.25, -0.2) is 4.98 Å². The summed E-state index contributed by atoms with van der Waals surface area (Å²) in [5, 5.41) is 0. The zero-order chi connectivity index (χ0) is 13.2. The minimum absolute atomic E-state index is 0.0195. The van der Waals surface area contributed by atoms with E-state index in [1.165, 1.54) is 9.75 Å². The normalized spacial score (nSPS) is 20.8. The van der Waals surface area contributed by atoms with E-state index in [4.69, 9.17) is 10.5 Å². The first-order valence-electron chi connectivity index (χ1n) is 6.62. The number of imidazole rings is 1. The number of rotatable bonds is 4. The van der Waals surface area contributed by atoms with Gasteiger partial charge in [-0.1, -0.05) is 0 Å². The Hall–Kier alpha value is -1.17. The van der Waals surface area contributed by atoms with Gasteiger partial charge in [-0.05, 0) is 25.5 Å². The van der Waals surface area contributed by atoms with Crippen LogP contribution in [-0.2, 0) is 11.3 Å². The van der Waals surface area contributed by atoms with E-state index in [-0.39, 0.29) is 6.04 Å². The maximum absolute atomic E-state index is 6.37. The van der Waals surface area contributed by atoms with Crippen molar-refractivity contribution in [2.75, 3.05) is 13.2 Å². The summed E-state index contributed by atoms with van der Waals surface area (Å²) in [7, 11) is 0. The zero-order valence-electron chi connectivity index (χ0n) is 11.1. The molecule has 3 rings (SSSR count). The SMILES string of the molecule is Cc1ccc(Cn2cncc2C(N)C2CCOC2)s1. The Balaban J connectivity index is 1.77. The summed E-state index contributed by atoms with van der Waals surface area (Å²) < 4.78 is 7.59. The minimum Gasteiger partial charge on any atom is -0.381 e. The molecule has 1 fully saturated rings. The van der Waals surface area contributed by atoms with Crippen molar-refractivity contribution in [3.8, 4) is 0 Å². The van der Waals surface area contributed by atoms with Gasteiger partial charge in [0.25, 0.3) is 0 Å². The highest BCUT2D eigenvalue weighted by Gasteiger charge is 2.26. The molecule has 0 saturated carbocycles. The fraction of sp³-hybridized carbons (Fsp3) is 0.500. The largest absolute Gasteiger partial charge is 0.381 e. The van der Waals surface area contributed by atoms with Crippen LogP contribution in [0.1, 0.15) is 27.9 Å². The number of aryl methyl sites for hydroxylation is 1. The summed E-state index contributed by atoms with van der Waals surface area (Å²) in [5.41, 5.74) is 7.48. The molecule has 2 aromatic rings. The third-order valence-electron chi connectivity index (χ3n) is 3.68. The summed E-state index contributed by atoms with van der Waals surface area (Å²) in [6.45, 7) is 4.58. The second-order valence-corrected chi connectivity index (χ2v) is 6.48. The standard InChI is InChI=1S/C14H19N3OS/c1-10-2-3-12(19-10)7-17-9-16-6-13(17)14(15)11-4-5-18-8-11/h2-3,6,9,11,14H,4-5,7-8,15H2,1H3. The van der Waals surface area contributed by atoms with Crippen molar-refractivity contribution in [1.82, 2.24) is 9.55 Å². The van der Waals surface area contributed by atoms with Gasteiger partial charge < -0.3 is 15.0 Å². The van der Waals surface area contributed by atoms with Gasteiger partial charge in [0.2, 0.25) is 0 Å². The van der Waals surface area contributed by atoms with Crippen molar-refractivity contribution in [3.63, 3.8) is 0 Å². The van der Waals surface area contributed by atoms with E-state index in [9.17, 15) is 0 Å². The Morgan fingerprint density at radius 2 is 2.47 bits per heavy atom. The molecular formula is C14H19N3OS. The molecule has 5 heteroatoms. The Labute approximate surface area is 117 Å². The molecule has 1 saturated heterocycles. The Kier molecular flexibility index (Phi) is 3.68. The predicted octanol–water partition coefficient (Wildman–Crippen LogP) is 2.34. The maximum atomic E-state index is 6.37.